The Kier molecular flexibility index (Phi) is 4.93. The van der Waals surface area contributed by atoms with Gasteiger partial charge in [-0.25, -0.2) is 13.1 Å². The Hall–Kier alpha value is -0.950. The van der Waals surface area contributed by atoms with Crippen LogP contribution >= 0.6 is 22.9 Å². The lowest BCUT2D eigenvalue weighted by Gasteiger charge is -2.06. The SMILES string of the molecule is O=S(=O)(NCc1cncs1)c1ccc(CCCl)cc1. The summed E-state index contributed by atoms with van der Waals surface area (Å²) < 4.78 is 26.6. The number of rotatable bonds is 6. The molecule has 0 aliphatic rings. The van der Waals surface area contributed by atoms with Gasteiger partial charge in [0.1, 0.15) is 0 Å². The summed E-state index contributed by atoms with van der Waals surface area (Å²) >= 11 is 7.05. The third-order valence-electron chi connectivity index (χ3n) is 2.54. The van der Waals surface area contributed by atoms with E-state index < -0.39 is 10.0 Å². The first-order valence-electron chi connectivity index (χ1n) is 5.64. The Bertz CT molecular complexity index is 610. The lowest BCUT2D eigenvalue weighted by atomic mass is 10.2. The summed E-state index contributed by atoms with van der Waals surface area (Å²) in [5.74, 6) is 0.524. The highest BCUT2D eigenvalue weighted by Gasteiger charge is 2.13. The molecule has 0 amide bonds. The smallest absolute Gasteiger partial charge is 0.240 e. The highest BCUT2D eigenvalue weighted by molar-refractivity contribution is 7.89. The molecule has 4 nitrogen and oxygen atoms in total. The average molecular weight is 317 g/mol. The van der Waals surface area contributed by atoms with Crippen LogP contribution in [0.25, 0.3) is 0 Å². The fourth-order valence-electron chi connectivity index (χ4n) is 1.52. The number of sulfonamides is 1. The maximum Gasteiger partial charge on any atom is 0.240 e. The van der Waals surface area contributed by atoms with Crippen LogP contribution in [-0.2, 0) is 23.0 Å². The second-order valence-corrected chi connectivity index (χ2v) is 6.99. The van der Waals surface area contributed by atoms with E-state index in [0.29, 0.717) is 5.88 Å². The lowest BCUT2D eigenvalue weighted by Crippen LogP contribution is -2.22. The van der Waals surface area contributed by atoms with E-state index >= 15 is 0 Å². The average Bonchev–Trinajstić information content (AvgIpc) is 2.91. The summed E-state index contributed by atoms with van der Waals surface area (Å²) in [6.07, 6.45) is 2.38. The molecule has 1 heterocycles. The zero-order chi connectivity index (χ0) is 13.7. The van der Waals surface area contributed by atoms with Crippen molar-refractivity contribution in [3.63, 3.8) is 0 Å². The molecule has 1 N–H and O–H groups in total. The normalized spacial score (nSPS) is 11.6. The predicted octanol–water partition coefficient (Wildman–Crippen LogP) is 2.40. The number of halogens is 1. The number of aromatic nitrogens is 1. The largest absolute Gasteiger partial charge is 0.253 e. The van der Waals surface area contributed by atoms with Gasteiger partial charge in [0.05, 0.1) is 10.4 Å². The molecule has 19 heavy (non-hydrogen) atoms. The van der Waals surface area contributed by atoms with Crippen molar-refractivity contribution in [1.29, 1.82) is 0 Å². The van der Waals surface area contributed by atoms with Crippen molar-refractivity contribution in [2.75, 3.05) is 5.88 Å². The molecule has 102 valence electrons. The fraction of sp³-hybridized carbons (Fsp3) is 0.250. The van der Waals surface area contributed by atoms with Crippen molar-refractivity contribution >= 4 is 33.0 Å². The molecule has 0 aliphatic heterocycles. The highest BCUT2D eigenvalue weighted by atomic mass is 35.5. The number of nitrogens with one attached hydrogen (secondary N) is 1. The standard InChI is InChI=1S/C12H13ClN2O2S2/c13-6-5-10-1-3-12(4-2-10)19(16,17)15-8-11-7-14-9-18-11/h1-4,7,9,15H,5-6,8H2. The van der Waals surface area contributed by atoms with Crippen molar-refractivity contribution in [3.05, 3.63) is 46.4 Å². The van der Waals surface area contributed by atoms with Crippen LogP contribution in [0.1, 0.15) is 10.4 Å². The molecule has 0 saturated heterocycles. The number of aryl methyl sites for hydroxylation is 1. The molecule has 2 rings (SSSR count). The van der Waals surface area contributed by atoms with Crippen LogP contribution in [-0.4, -0.2) is 19.3 Å². The topological polar surface area (TPSA) is 59.1 Å². The molecule has 0 spiro atoms. The first-order valence-corrected chi connectivity index (χ1v) is 8.53. The van der Waals surface area contributed by atoms with Gasteiger partial charge >= 0.3 is 0 Å². The van der Waals surface area contributed by atoms with Crippen LogP contribution in [0.4, 0.5) is 0 Å². The Labute approximate surface area is 121 Å². The van der Waals surface area contributed by atoms with E-state index in [1.165, 1.54) is 11.3 Å². The molecule has 7 heteroatoms. The molecule has 0 fully saturated rings. The maximum atomic E-state index is 12.0. The minimum atomic E-state index is -3.47. The van der Waals surface area contributed by atoms with E-state index in [1.807, 2.05) is 0 Å². The van der Waals surface area contributed by atoms with Gasteiger partial charge in [-0.3, -0.25) is 4.98 Å². The van der Waals surface area contributed by atoms with Gasteiger partial charge in [0.25, 0.3) is 0 Å². The van der Waals surface area contributed by atoms with Gasteiger partial charge in [-0.05, 0) is 24.1 Å². The van der Waals surface area contributed by atoms with Crippen LogP contribution in [0, 0.1) is 0 Å². The fourth-order valence-corrected chi connectivity index (χ4v) is 3.37. The number of alkyl halides is 1. The molecule has 0 atom stereocenters. The van der Waals surface area contributed by atoms with Gasteiger partial charge < -0.3 is 0 Å². The quantitative estimate of drug-likeness (QED) is 0.833. The van der Waals surface area contributed by atoms with Gasteiger partial charge in [-0.2, -0.15) is 0 Å². The summed E-state index contributed by atoms with van der Waals surface area (Å²) in [4.78, 5) is 5.04. The van der Waals surface area contributed by atoms with Gasteiger partial charge in [-0.1, -0.05) is 12.1 Å². The molecule has 2 aromatic rings. The van der Waals surface area contributed by atoms with E-state index in [9.17, 15) is 8.42 Å². The van der Waals surface area contributed by atoms with Crippen LogP contribution < -0.4 is 4.72 Å². The molecule has 0 saturated carbocycles. The zero-order valence-electron chi connectivity index (χ0n) is 10.0. The van der Waals surface area contributed by atoms with E-state index in [1.54, 1.807) is 36.0 Å². The van der Waals surface area contributed by atoms with Crippen LogP contribution in [0.3, 0.4) is 0 Å². The highest BCUT2D eigenvalue weighted by Crippen LogP contribution is 2.13. The molecule has 0 bridgehead atoms. The number of hydrogen-bond donors (Lipinski definition) is 1. The Balaban J connectivity index is 2.06. The summed E-state index contributed by atoms with van der Waals surface area (Å²) in [6.45, 7) is 0.260. The van der Waals surface area contributed by atoms with Crippen LogP contribution in [0.15, 0.2) is 40.9 Å². The minimum Gasteiger partial charge on any atom is -0.253 e. The van der Waals surface area contributed by atoms with E-state index in [2.05, 4.69) is 9.71 Å². The molecule has 1 aromatic heterocycles. The van der Waals surface area contributed by atoms with Gasteiger partial charge in [0, 0.05) is 23.5 Å². The summed E-state index contributed by atoms with van der Waals surface area (Å²) in [7, 11) is -3.47. The van der Waals surface area contributed by atoms with Crippen LogP contribution in [0.5, 0.6) is 0 Å². The third kappa shape index (κ3) is 4.01. The second-order valence-electron chi connectivity index (χ2n) is 3.88. The van der Waals surface area contributed by atoms with Crippen molar-refractivity contribution in [3.8, 4) is 0 Å². The van der Waals surface area contributed by atoms with Crippen molar-refractivity contribution < 1.29 is 8.42 Å². The van der Waals surface area contributed by atoms with Crippen molar-refractivity contribution in [2.45, 2.75) is 17.9 Å². The van der Waals surface area contributed by atoms with E-state index in [0.717, 1.165) is 16.9 Å². The Morgan fingerprint density at radius 1 is 1.26 bits per heavy atom. The number of benzene rings is 1. The van der Waals surface area contributed by atoms with Crippen molar-refractivity contribution in [2.24, 2.45) is 0 Å². The number of hydrogen-bond acceptors (Lipinski definition) is 4. The van der Waals surface area contributed by atoms with E-state index in [4.69, 9.17) is 11.6 Å². The molecule has 1 aromatic carbocycles. The summed E-state index contributed by atoms with van der Waals surface area (Å²) in [6, 6.07) is 6.75. The molecule has 0 unspecified atom stereocenters. The summed E-state index contributed by atoms with van der Waals surface area (Å²) in [5.41, 5.74) is 2.70. The number of nitrogens with zero attached hydrogens (tertiary/aromatic N) is 1. The summed E-state index contributed by atoms with van der Waals surface area (Å²) in [5, 5.41) is 0. The molecule has 0 aliphatic carbocycles. The van der Waals surface area contributed by atoms with Gasteiger partial charge in [0.15, 0.2) is 0 Å². The zero-order valence-corrected chi connectivity index (χ0v) is 12.4. The maximum absolute atomic E-state index is 12.0. The Morgan fingerprint density at radius 2 is 2.00 bits per heavy atom. The van der Waals surface area contributed by atoms with Gasteiger partial charge in [-0.15, -0.1) is 22.9 Å². The molecular weight excluding hydrogens is 304 g/mol. The van der Waals surface area contributed by atoms with Gasteiger partial charge in [0.2, 0.25) is 10.0 Å². The monoisotopic (exact) mass is 316 g/mol. The second kappa shape index (κ2) is 6.47. The van der Waals surface area contributed by atoms with Crippen LogP contribution in [0.2, 0.25) is 0 Å². The third-order valence-corrected chi connectivity index (χ3v) is 4.92. The molecule has 0 radical (unpaired) electrons. The molecular formula is C12H13ClN2O2S2. The predicted molar refractivity (Wildman–Crippen MR) is 77.0 cm³/mol. The van der Waals surface area contributed by atoms with E-state index in [-0.39, 0.29) is 11.4 Å². The first kappa shape index (κ1) is 14.5. The number of thiazole rings is 1. The van der Waals surface area contributed by atoms with Crippen molar-refractivity contribution in [1.82, 2.24) is 9.71 Å². The first-order chi connectivity index (χ1) is 9.12. The Morgan fingerprint density at radius 3 is 2.58 bits per heavy atom. The minimum absolute atomic E-state index is 0.260. The lowest BCUT2D eigenvalue weighted by molar-refractivity contribution is 0.581.